The van der Waals surface area contributed by atoms with Gasteiger partial charge >= 0.3 is 0 Å². The van der Waals surface area contributed by atoms with Gasteiger partial charge in [0.25, 0.3) is 6.47 Å². The highest BCUT2D eigenvalue weighted by Crippen LogP contribution is 2.32. The predicted octanol–water partition coefficient (Wildman–Crippen LogP) is 1.71. The summed E-state index contributed by atoms with van der Waals surface area (Å²) in [5.74, 6) is -0.601. The fraction of sp³-hybridized carbons (Fsp3) is 0.235. The van der Waals surface area contributed by atoms with Crippen molar-refractivity contribution in [2.24, 2.45) is 5.92 Å². The molecule has 1 saturated heterocycles. The molecular formula is C17H17N5O4S2. The summed E-state index contributed by atoms with van der Waals surface area (Å²) < 4.78 is 1.03. The van der Waals surface area contributed by atoms with Crippen molar-refractivity contribution in [3.8, 4) is 0 Å². The number of amides is 2. The van der Waals surface area contributed by atoms with Crippen molar-refractivity contribution in [3.63, 3.8) is 0 Å². The van der Waals surface area contributed by atoms with Crippen molar-refractivity contribution in [2.45, 2.75) is 13.0 Å². The van der Waals surface area contributed by atoms with E-state index in [-0.39, 0.29) is 30.6 Å². The third-order valence-electron chi connectivity index (χ3n) is 4.02. The molecule has 1 aromatic carbocycles. The lowest BCUT2D eigenvalue weighted by Crippen LogP contribution is -2.32. The van der Waals surface area contributed by atoms with Crippen LogP contribution in [0.25, 0.3) is 10.2 Å². The number of anilines is 2. The number of rotatable bonds is 4. The number of benzene rings is 1. The maximum atomic E-state index is 12.4. The summed E-state index contributed by atoms with van der Waals surface area (Å²) >= 11 is 2.80. The van der Waals surface area contributed by atoms with Gasteiger partial charge in [-0.1, -0.05) is 23.5 Å². The molecule has 4 rings (SSSR count). The smallest absolute Gasteiger partial charge is 0.290 e. The van der Waals surface area contributed by atoms with Crippen LogP contribution in [-0.2, 0) is 20.9 Å². The maximum absolute atomic E-state index is 12.4. The van der Waals surface area contributed by atoms with E-state index in [1.54, 1.807) is 4.90 Å². The van der Waals surface area contributed by atoms with E-state index in [1.807, 2.05) is 29.6 Å². The van der Waals surface area contributed by atoms with Crippen LogP contribution in [0.5, 0.6) is 0 Å². The zero-order chi connectivity index (χ0) is 20.1. The predicted molar refractivity (Wildman–Crippen MR) is 107 cm³/mol. The van der Waals surface area contributed by atoms with Crippen molar-refractivity contribution in [1.82, 2.24) is 15.3 Å². The average Bonchev–Trinajstić information content (AvgIpc) is 3.38. The van der Waals surface area contributed by atoms with Gasteiger partial charge in [0.2, 0.25) is 11.8 Å². The Hall–Kier alpha value is -3.05. The van der Waals surface area contributed by atoms with Gasteiger partial charge in [-0.15, -0.1) is 11.3 Å². The second-order valence-corrected chi connectivity index (χ2v) is 7.77. The molecule has 1 aliphatic heterocycles. The number of thiazole rings is 2. The Labute approximate surface area is 167 Å². The Bertz CT molecular complexity index is 969. The number of nitrogen functional groups attached to an aromatic ring is 1. The van der Waals surface area contributed by atoms with Crippen LogP contribution in [0.2, 0.25) is 0 Å². The Morgan fingerprint density at radius 1 is 1.39 bits per heavy atom. The minimum atomic E-state index is -0.379. The number of fused-ring (bicyclic) bond motifs is 1. The van der Waals surface area contributed by atoms with E-state index in [4.69, 9.17) is 15.6 Å². The van der Waals surface area contributed by atoms with Crippen molar-refractivity contribution < 1.29 is 19.5 Å². The Kier molecular flexibility index (Phi) is 6.16. The largest absolute Gasteiger partial charge is 0.483 e. The molecule has 0 aliphatic carbocycles. The van der Waals surface area contributed by atoms with Crippen molar-refractivity contribution >= 4 is 61.4 Å². The quantitative estimate of drug-likeness (QED) is 0.547. The second-order valence-electron chi connectivity index (χ2n) is 5.87. The summed E-state index contributed by atoms with van der Waals surface area (Å²) in [7, 11) is 0. The summed E-state index contributed by atoms with van der Waals surface area (Å²) in [5.41, 5.74) is 7.17. The molecule has 2 aromatic heterocycles. The molecule has 1 fully saturated rings. The van der Waals surface area contributed by atoms with Crippen LogP contribution < -0.4 is 16.0 Å². The van der Waals surface area contributed by atoms with Gasteiger partial charge in [-0.05, 0) is 12.1 Å². The van der Waals surface area contributed by atoms with E-state index in [9.17, 15) is 9.59 Å². The fourth-order valence-corrected chi connectivity index (χ4v) is 4.32. The van der Waals surface area contributed by atoms with Crippen molar-refractivity contribution in [2.75, 3.05) is 17.2 Å². The molecule has 9 nitrogen and oxygen atoms in total. The first-order valence-electron chi connectivity index (χ1n) is 8.23. The lowest BCUT2D eigenvalue weighted by atomic mass is 10.1. The van der Waals surface area contributed by atoms with Crippen LogP contribution in [0, 0.1) is 5.92 Å². The number of para-hydroxylation sites is 1. The van der Waals surface area contributed by atoms with Crippen LogP contribution >= 0.6 is 22.7 Å². The lowest BCUT2D eigenvalue weighted by Gasteiger charge is -2.12. The summed E-state index contributed by atoms with van der Waals surface area (Å²) in [6.45, 7) is 0.419. The number of carbonyl (C=O) groups is 3. The van der Waals surface area contributed by atoms with E-state index in [1.165, 1.54) is 22.7 Å². The Balaban J connectivity index is 0.000000706. The number of hydrogen-bond acceptors (Lipinski definition) is 8. The number of aromatic nitrogens is 2. The molecule has 1 unspecified atom stereocenters. The Morgan fingerprint density at radius 2 is 2.14 bits per heavy atom. The fourth-order valence-electron chi connectivity index (χ4n) is 2.77. The molecule has 0 spiro atoms. The number of nitrogens with zero attached hydrogens (tertiary/aromatic N) is 3. The van der Waals surface area contributed by atoms with Gasteiger partial charge in [-0.3, -0.25) is 19.3 Å². The number of hydrogen-bond donors (Lipinski definition) is 3. The Morgan fingerprint density at radius 3 is 2.82 bits per heavy atom. The summed E-state index contributed by atoms with van der Waals surface area (Å²) in [6, 6.07) is 7.75. The highest BCUT2D eigenvalue weighted by atomic mass is 32.1. The van der Waals surface area contributed by atoms with Crippen LogP contribution in [0.4, 0.5) is 10.3 Å². The topological polar surface area (TPSA) is 139 Å². The SMILES string of the molecule is Nc1nc(CNC(=O)C2CC(=O)N(c3nc4ccccc4s3)C2)cs1.O=CO. The van der Waals surface area contributed by atoms with Crippen molar-refractivity contribution in [3.05, 3.63) is 35.3 Å². The highest BCUT2D eigenvalue weighted by molar-refractivity contribution is 7.22. The molecule has 4 N–H and O–H groups in total. The normalized spacial score (nSPS) is 15.9. The summed E-state index contributed by atoms with van der Waals surface area (Å²) in [5, 5.41) is 12.6. The summed E-state index contributed by atoms with van der Waals surface area (Å²) in [4.78, 5) is 43.3. The van der Waals surface area contributed by atoms with Gasteiger partial charge < -0.3 is 16.2 Å². The first-order valence-corrected chi connectivity index (χ1v) is 9.92. The molecule has 28 heavy (non-hydrogen) atoms. The molecule has 0 bridgehead atoms. The van der Waals surface area contributed by atoms with Crippen LogP contribution in [0.3, 0.4) is 0 Å². The number of carboxylic acid groups (broad SMARTS) is 1. The minimum absolute atomic E-state index is 0.0721. The molecule has 11 heteroatoms. The third-order valence-corrected chi connectivity index (χ3v) is 5.80. The average molecular weight is 419 g/mol. The highest BCUT2D eigenvalue weighted by Gasteiger charge is 2.36. The van der Waals surface area contributed by atoms with Crippen molar-refractivity contribution in [1.29, 1.82) is 0 Å². The molecule has 0 saturated carbocycles. The molecule has 146 valence electrons. The van der Waals surface area contributed by atoms with Gasteiger partial charge in [0.1, 0.15) is 0 Å². The summed E-state index contributed by atoms with van der Waals surface area (Å²) in [6.07, 6.45) is 0.195. The monoisotopic (exact) mass is 419 g/mol. The van der Waals surface area contributed by atoms with Crippen LogP contribution in [0.15, 0.2) is 29.6 Å². The molecule has 2 amide bonds. The number of nitrogens with one attached hydrogen (secondary N) is 1. The first-order chi connectivity index (χ1) is 13.5. The second kappa shape index (κ2) is 8.76. The van der Waals surface area contributed by atoms with Crippen LogP contribution in [-0.4, -0.2) is 39.9 Å². The van der Waals surface area contributed by atoms with E-state index in [0.717, 1.165) is 15.9 Å². The van der Waals surface area contributed by atoms with Gasteiger partial charge in [0.15, 0.2) is 10.3 Å². The zero-order valence-electron chi connectivity index (χ0n) is 14.6. The van der Waals surface area contributed by atoms with E-state index >= 15 is 0 Å². The zero-order valence-corrected chi connectivity index (χ0v) is 16.2. The van der Waals surface area contributed by atoms with Crippen LogP contribution in [0.1, 0.15) is 12.1 Å². The minimum Gasteiger partial charge on any atom is -0.483 e. The first kappa shape index (κ1) is 19.7. The van der Waals surface area contributed by atoms with E-state index in [2.05, 4.69) is 15.3 Å². The van der Waals surface area contributed by atoms with Gasteiger partial charge in [-0.2, -0.15) is 0 Å². The molecular weight excluding hydrogens is 402 g/mol. The number of carbonyl (C=O) groups excluding carboxylic acids is 2. The molecule has 0 radical (unpaired) electrons. The lowest BCUT2D eigenvalue weighted by molar-refractivity contribution is -0.126. The van der Waals surface area contributed by atoms with E-state index in [0.29, 0.717) is 23.4 Å². The molecule has 1 atom stereocenters. The standard InChI is InChI=1S/C16H15N5O2S2.CH2O2/c17-15-19-10(8-24-15)6-18-14(23)9-5-13(22)21(7-9)16-20-11-3-1-2-4-12(11)25-16;2-1-3/h1-4,8-9H,5-7H2,(H2,17,19)(H,18,23);1H,(H,2,3). The third kappa shape index (κ3) is 4.43. The maximum Gasteiger partial charge on any atom is 0.290 e. The van der Waals surface area contributed by atoms with Gasteiger partial charge in [-0.25, -0.2) is 9.97 Å². The van der Waals surface area contributed by atoms with Gasteiger partial charge in [0.05, 0.1) is 28.4 Å². The molecule has 3 aromatic rings. The molecule has 1 aliphatic rings. The van der Waals surface area contributed by atoms with E-state index < -0.39 is 0 Å². The van der Waals surface area contributed by atoms with Gasteiger partial charge in [0, 0.05) is 18.3 Å². The molecule has 3 heterocycles. The number of nitrogens with two attached hydrogens (primary N) is 1.